The van der Waals surface area contributed by atoms with Crippen LogP contribution >= 0.6 is 0 Å². The zero-order chi connectivity index (χ0) is 10.6. The highest BCUT2D eigenvalue weighted by molar-refractivity contribution is 5.83. The molecule has 0 unspecified atom stereocenters. The van der Waals surface area contributed by atoms with Crippen molar-refractivity contribution in [3.05, 3.63) is 36.3 Å². The van der Waals surface area contributed by atoms with E-state index in [-0.39, 0.29) is 5.70 Å². The zero-order valence-corrected chi connectivity index (χ0v) is 6.93. The molecule has 1 heterocycles. The SMILES string of the molecule is O=C(NC1=CC=CNC=C1)C(F)(F)F. The summed E-state index contributed by atoms with van der Waals surface area (Å²) in [5.41, 5.74) is 0.0774. The van der Waals surface area contributed by atoms with Gasteiger partial charge in [-0.1, -0.05) is 0 Å². The molecule has 0 saturated carbocycles. The highest BCUT2D eigenvalue weighted by Gasteiger charge is 2.38. The molecule has 1 aliphatic heterocycles. The summed E-state index contributed by atoms with van der Waals surface area (Å²) in [6.07, 6.45) is 2.21. The fraction of sp³-hybridized carbons (Fsp3) is 0.125. The van der Waals surface area contributed by atoms with Crippen LogP contribution in [0.5, 0.6) is 0 Å². The third kappa shape index (κ3) is 2.96. The smallest absolute Gasteiger partial charge is 0.368 e. The van der Waals surface area contributed by atoms with Crippen molar-refractivity contribution >= 4 is 5.91 Å². The molecule has 76 valence electrons. The Hall–Kier alpha value is -1.72. The Morgan fingerprint density at radius 2 is 2.07 bits per heavy atom. The number of rotatable bonds is 1. The summed E-state index contributed by atoms with van der Waals surface area (Å²) < 4.78 is 35.4. The molecule has 14 heavy (non-hydrogen) atoms. The largest absolute Gasteiger partial charge is 0.471 e. The fourth-order valence-electron chi connectivity index (χ4n) is 0.742. The molecule has 0 fully saturated rings. The summed E-state index contributed by atoms with van der Waals surface area (Å²) in [6.45, 7) is 0. The van der Waals surface area contributed by atoms with Crippen LogP contribution in [0.4, 0.5) is 13.2 Å². The quantitative estimate of drug-likeness (QED) is 0.673. The maximum absolute atomic E-state index is 11.8. The number of carbonyl (C=O) groups is 1. The summed E-state index contributed by atoms with van der Waals surface area (Å²) in [7, 11) is 0. The molecule has 0 aromatic rings. The number of halogens is 3. The van der Waals surface area contributed by atoms with Gasteiger partial charge >= 0.3 is 12.1 Å². The number of hydrogen-bond donors (Lipinski definition) is 2. The van der Waals surface area contributed by atoms with Crippen LogP contribution in [-0.2, 0) is 4.79 Å². The third-order valence-corrected chi connectivity index (χ3v) is 1.34. The molecule has 0 spiro atoms. The highest BCUT2D eigenvalue weighted by Crippen LogP contribution is 2.15. The predicted octanol–water partition coefficient (Wildman–Crippen LogP) is 1.18. The van der Waals surface area contributed by atoms with Crippen molar-refractivity contribution in [2.45, 2.75) is 6.18 Å². The van der Waals surface area contributed by atoms with Crippen molar-refractivity contribution in [1.29, 1.82) is 0 Å². The van der Waals surface area contributed by atoms with Crippen molar-refractivity contribution in [2.75, 3.05) is 0 Å². The first kappa shape index (κ1) is 10.4. The number of nitrogens with one attached hydrogen (secondary N) is 2. The van der Waals surface area contributed by atoms with E-state index in [9.17, 15) is 18.0 Å². The fourth-order valence-corrected chi connectivity index (χ4v) is 0.742. The van der Waals surface area contributed by atoms with Crippen molar-refractivity contribution in [3.8, 4) is 0 Å². The van der Waals surface area contributed by atoms with Crippen LogP contribution in [0, 0.1) is 0 Å². The topological polar surface area (TPSA) is 41.1 Å². The van der Waals surface area contributed by atoms with Gasteiger partial charge in [-0.05, 0) is 18.2 Å². The Morgan fingerprint density at radius 3 is 2.71 bits per heavy atom. The number of amides is 1. The Morgan fingerprint density at radius 1 is 1.36 bits per heavy atom. The van der Waals surface area contributed by atoms with E-state index in [4.69, 9.17) is 0 Å². The summed E-state index contributed by atoms with van der Waals surface area (Å²) in [6, 6.07) is 0. The number of alkyl halides is 3. The van der Waals surface area contributed by atoms with Gasteiger partial charge in [0.2, 0.25) is 0 Å². The standard InChI is InChI=1S/C8H7F3N2O/c9-8(10,11)7(14)13-6-2-1-4-12-5-3-6/h1-5,12H,(H,13,14). The van der Waals surface area contributed by atoms with Crippen molar-refractivity contribution in [2.24, 2.45) is 0 Å². The second-order valence-electron chi connectivity index (χ2n) is 2.43. The molecule has 1 amide bonds. The monoisotopic (exact) mass is 204 g/mol. The molecule has 0 saturated heterocycles. The first-order chi connectivity index (χ1) is 6.50. The molecule has 0 radical (unpaired) electrons. The van der Waals surface area contributed by atoms with E-state index in [0.717, 1.165) is 0 Å². The number of hydrogen-bond acceptors (Lipinski definition) is 2. The van der Waals surface area contributed by atoms with E-state index in [2.05, 4.69) is 5.32 Å². The minimum atomic E-state index is -4.86. The molecule has 0 bridgehead atoms. The summed E-state index contributed by atoms with van der Waals surface area (Å²) in [5.74, 6) is -1.98. The van der Waals surface area contributed by atoms with Gasteiger partial charge in [0.05, 0.1) is 0 Å². The Balaban J connectivity index is 2.65. The summed E-state index contributed by atoms with van der Waals surface area (Å²) in [4.78, 5) is 10.5. The second-order valence-corrected chi connectivity index (χ2v) is 2.43. The molecule has 0 aromatic heterocycles. The van der Waals surface area contributed by atoms with Crippen LogP contribution in [0.15, 0.2) is 36.3 Å². The molecular formula is C8H7F3N2O. The minimum Gasteiger partial charge on any atom is -0.368 e. The van der Waals surface area contributed by atoms with Crippen molar-refractivity contribution < 1.29 is 18.0 Å². The first-order valence-electron chi connectivity index (χ1n) is 3.68. The van der Waals surface area contributed by atoms with Crippen LogP contribution < -0.4 is 10.6 Å². The van der Waals surface area contributed by atoms with Crippen LogP contribution in [-0.4, -0.2) is 12.1 Å². The van der Waals surface area contributed by atoms with E-state index in [1.54, 1.807) is 5.32 Å². The van der Waals surface area contributed by atoms with Crippen LogP contribution in [0.25, 0.3) is 0 Å². The maximum atomic E-state index is 11.8. The Kier molecular flexibility index (Phi) is 2.95. The second kappa shape index (κ2) is 3.99. The lowest BCUT2D eigenvalue weighted by Gasteiger charge is -2.07. The lowest BCUT2D eigenvalue weighted by molar-refractivity contribution is -0.172. The normalized spacial score (nSPS) is 15.5. The van der Waals surface area contributed by atoms with Gasteiger partial charge < -0.3 is 10.6 Å². The van der Waals surface area contributed by atoms with E-state index >= 15 is 0 Å². The highest BCUT2D eigenvalue weighted by atomic mass is 19.4. The van der Waals surface area contributed by atoms with Crippen molar-refractivity contribution in [1.82, 2.24) is 10.6 Å². The van der Waals surface area contributed by atoms with Crippen LogP contribution in [0.1, 0.15) is 0 Å². The van der Waals surface area contributed by atoms with E-state index in [1.165, 1.54) is 30.6 Å². The average molecular weight is 204 g/mol. The Bertz CT molecular complexity index is 315. The molecule has 1 aliphatic rings. The first-order valence-corrected chi connectivity index (χ1v) is 3.68. The molecule has 3 nitrogen and oxygen atoms in total. The minimum absolute atomic E-state index is 0.0774. The van der Waals surface area contributed by atoms with Gasteiger partial charge in [0.1, 0.15) is 0 Å². The van der Waals surface area contributed by atoms with Gasteiger partial charge in [-0.15, -0.1) is 0 Å². The third-order valence-electron chi connectivity index (χ3n) is 1.34. The maximum Gasteiger partial charge on any atom is 0.471 e. The van der Waals surface area contributed by atoms with Crippen molar-refractivity contribution in [3.63, 3.8) is 0 Å². The molecule has 1 rings (SSSR count). The molecule has 0 atom stereocenters. The van der Waals surface area contributed by atoms with Gasteiger partial charge in [0.15, 0.2) is 0 Å². The van der Waals surface area contributed by atoms with Gasteiger partial charge in [0.25, 0.3) is 0 Å². The number of allylic oxidation sites excluding steroid dienone is 3. The van der Waals surface area contributed by atoms with E-state index in [0.29, 0.717) is 0 Å². The molecule has 2 N–H and O–H groups in total. The van der Waals surface area contributed by atoms with Gasteiger partial charge in [0, 0.05) is 18.1 Å². The van der Waals surface area contributed by atoms with E-state index in [1.807, 2.05) is 0 Å². The van der Waals surface area contributed by atoms with Crippen LogP contribution in [0.2, 0.25) is 0 Å². The molecule has 0 aromatic carbocycles. The molecule has 0 aliphatic carbocycles. The molecule has 6 heteroatoms. The molecular weight excluding hydrogens is 197 g/mol. The number of carbonyl (C=O) groups excluding carboxylic acids is 1. The average Bonchev–Trinajstić information content (AvgIpc) is 2.31. The van der Waals surface area contributed by atoms with Gasteiger partial charge in [-0.3, -0.25) is 4.79 Å². The predicted molar refractivity (Wildman–Crippen MR) is 43.7 cm³/mol. The lowest BCUT2D eigenvalue weighted by Crippen LogP contribution is -2.35. The Labute approximate surface area is 78.0 Å². The van der Waals surface area contributed by atoms with Crippen LogP contribution in [0.3, 0.4) is 0 Å². The lowest BCUT2D eigenvalue weighted by atomic mass is 10.3. The summed E-state index contributed by atoms with van der Waals surface area (Å²) in [5, 5.41) is 4.36. The summed E-state index contributed by atoms with van der Waals surface area (Å²) >= 11 is 0. The van der Waals surface area contributed by atoms with Gasteiger partial charge in [-0.25, -0.2) is 0 Å². The zero-order valence-electron chi connectivity index (χ0n) is 6.93. The van der Waals surface area contributed by atoms with Gasteiger partial charge in [-0.2, -0.15) is 13.2 Å². The van der Waals surface area contributed by atoms with E-state index < -0.39 is 12.1 Å².